The fourth-order valence-electron chi connectivity index (χ4n) is 4.77. The van der Waals surface area contributed by atoms with Gasteiger partial charge in [-0.1, -0.05) is 25.5 Å². The average molecular weight is 371 g/mol. The Morgan fingerprint density at radius 3 is 2.78 bits per heavy atom. The molecule has 5 heteroatoms. The van der Waals surface area contributed by atoms with Gasteiger partial charge < -0.3 is 15.2 Å². The lowest BCUT2D eigenvalue weighted by molar-refractivity contribution is -0.142. The highest BCUT2D eigenvalue weighted by molar-refractivity contribution is 6.01. The van der Waals surface area contributed by atoms with Gasteiger partial charge in [-0.2, -0.15) is 0 Å². The Morgan fingerprint density at radius 1 is 1.41 bits per heavy atom. The number of carbonyl (C=O) groups is 2. The van der Waals surface area contributed by atoms with Crippen molar-refractivity contribution in [3.63, 3.8) is 0 Å². The molecule has 1 aliphatic carbocycles. The minimum Gasteiger partial charge on any atom is -0.481 e. The van der Waals surface area contributed by atoms with Crippen LogP contribution in [0.2, 0.25) is 0 Å². The molecule has 1 aromatic rings. The summed E-state index contributed by atoms with van der Waals surface area (Å²) in [5.41, 5.74) is 7.32. The summed E-state index contributed by atoms with van der Waals surface area (Å²) in [5.74, 6) is -1.22. The molecule has 0 spiro atoms. The van der Waals surface area contributed by atoms with Crippen molar-refractivity contribution < 1.29 is 19.4 Å². The molecule has 2 atom stereocenters. The summed E-state index contributed by atoms with van der Waals surface area (Å²) in [5, 5.41) is 12.6. The molecular weight excluding hydrogens is 342 g/mol. The van der Waals surface area contributed by atoms with Crippen LogP contribution in [0.4, 0.5) is 5.69 Å². The Bertz CT molecular complexity index is 809. The van der Waals surface area contributed by atoms with Gasteiger partial charge in [0.2, 0.25) is 0 Å². The standard InChI is InChI=1S/C22H29NO4/c1-5-15-12(2)18-11-27-22(26)19(18)20(23-4)17(15)10-9-14-7-6-8-16(14)13(3)21(24)25/h9,13,16,23H,5-8,10-11H2,1-4H3,(H,24,25). The Morgan fingerprint density at radius 2 is 2.15 bits per heavy atom. The maximum atomic E-state index is 12.3. The number of anilines is 1. The molecule has 2 aliphatic rings. The lowest BCUT2D eigenvalue weighted by Gasteiger charge is -2.20. The molecular formula is C22H29NO4. The molecule has 0 saturated heterocycles. The van der Waals surface area contributed by atoms with E-state index in [1.165, 1.54) is 11.1 Å². The Labute approximate surface area is 160 Å². The summed E-state index contributed by atoms with van der Waals surface area (Å²) in [7, 11) is 1.84. The van der Waals surface area contributed by atoms with Crippen molar-refractivity contribution in [1.29, 1.82) is 0 Å². The third kappa shape index (κ3) is 3.35. The molecule has 2 unspecified atom stereocenters. The van der Waals surface area contributed by atoms with E-state index < -0.39 is 5.97 Å². The predicted molar refractivity (Wildman–Crippen MR) is 105 cm³/mol. The second kappa shape index (κ2) is 7.75. The van der Waals surface area contributed by atoms with Crippen LogP contribution in [0.1, 0.15) is 65.7 Å². The number of carboxylic acids is 1. The third-order valence-electron chi connectivity index (χ3n) is 6.30. The summed E-state index contributed by atoms with van der Waals surface area (Å²) in [4.78, 5) is 23.7. The monoisotopic (exact) mass is 371 g/mol. The number of aliphatic carboxylic acids is 1. The van der Waals surface area contributed by atoms with Gasteiger partial charge in [-0.05, 0) is 61.6 Å². The molecule has 0 aromatic heterocycles. The van der Waals surface area contributed by atoms with Gasteiger partial charge in [-0.25, -0.2) is 4.79 Å². The number of fused-ring (bicyclic) bond motifs is 1. The first-order valence-corrected chi connectivity index (χ1v) is 9.84. The summed E-state index contributed by atoms with van der Waals surface area (Å²) in [6, 6.07) is 0. The van der Waals surface area contributed by atoms with E-state index in [0.29, 0.717) is 18.6 Å². The zero-order valence-electron chi connectivity index (χ0n) is 16.6. The van der Waals surface area contributed by atoms with Crippen molar-refractivity contribution in [1.82, 2.24) is 0 Å². The van der Waals surface area contributed by atoms with E-state index in [0.717, 1.165) is 48.1 Å². The summed E-state index contributed by atoms with van der Waals surface area (Å²) >= 11 is 0. The van der Waals surface area contributed by atoms with Gasteiger partial charge in [-0.15, -0.1) is 0 Å². The fourth-order valence-corrected chi connectivity index (χ4v) is 4.77. The number of allylic oxidation sites excluding steroid dienone is 2. The largest absolute Gasteiger partial charge is 0.481 e. The number of esters is 1. The highest BCUT2D eigenvalue weighted by Gasteiger charge is 2.32. The zero-order valence-corrected chi connectivity index (χ0v) is 16.6. The molecule has 0 radical (unpaired) electrons. The molecule has 0 amide bonds. The first-order chi connectivity index (χ1) is 12.9. The van der Waals surface area contributed by atoms with E-state index in [2.05, 4.69) is 25.2 Å². The molecule has 2 N–H and O–H groups in total. The Hall–Kier alpha value is -2.30. The molecule has 1 aliphatic heterocycles. The van der Waals surface area contributed by atoms with Crippen LogP contribution in [0.25, 0.3) is 0 Å². The zero-order chi connectivity index (χ0) is 19.7. The number of ether oxygens (including phenoxy) is 1. The molecule has 1 saturated carbocycles. The molecule has 27 heavy (non-hydrogen) atoms. The molecule has 1 fully saturated rings. The average Bonchev–Trinajstić information content (AvgIpc) is 3.26. The van der Waals surface area contributed by atoms with Gasteiger partial charge >= 0.3 is 11.9 Å². The van der Waals surface area contributed by atoms with Crippen molar-refractivity contribution in [2.45, 2.75) is 59.5 Å². The van der Waals surface area contributed by atoms with Crippen molar-refractivity contribution in [3.8, 4) is 0 Å². The number of carbonyl (C=O) groups excluding carboxylic acids is 1. The number of carboxylic acid groups (broad SMARTS) is 1. The van der Waals surface area contributed by atoms with Crippen LogP contribution in [-0.2, 0) is 29.0 Å². The fraction of sp³-hybridized carbons (Fsp3) is 0.545. The summed E-state index contributed by atoms with van der Waals surface area (Å²) in [6.07, 6.45) is 6.75. The number of nitrogens with one attached hydrogen (secondary N) is 1. The quantitative estimate of drug-likeness (QED) is 0.577. The van der Waals surface area contributed by atoms with Gasteiger partial charge in [0.15, 0.2) is 0 Å². The minimum absolute atomic E-state index is 0.117. The van der Waals surface area contributed by atoms with Gasteiger partial charge in [-0.3, -0.25) is 4.79 Å². The maximum absolute atomic E-state index is 12.3. The second-order valence-electron chi connectivity index (χ2n) is 7.60. The van der Waals surface area contributed by atoms with Crippen LogP contribution in [0, 0.1) is 18.8 Å². The first-order valence-electron chi connectivity index (χ1n) is 9.84. The van der Waals surface area contributed by atoms with E-state index in [1.807, 2.05) is 7.05 Å². The highest BCUT2D eigenvalue weighted by Crippen LogP contribution is 2.40. The number of benzene rings is 1. The van der Waals surface area contributed by atoms with Crippen LogP contribution >= 0.6 is 0 Å². The van der Waals surface area contributed by atoms with Gasteiger partial charge in [0.05, 0.1) is 17.2 Å². The van der Waals surface area contributed by atoms with Crippen LogP contribution in [-0.4, -0.2) is 24.1 Å². The van der Waals surface area contributed by atoms with E-state index in [4.69, 9.17) is 4.74 Å². The minimum atomic E-state index is -0.728. The van der Waals surface area contributed by atoms with Gasteiger partial charge in [0.1, 0.15) is 6.61 Å². The Kier molecular flexibility index (Phi) is 5.59. The Balaban J connectivity index is 2.02. The second-order valence-corrected chi connectivity index (χ2v) is 7.60. The van der Waals surface area contributed by atoms with E-state index in [1.54, 1.807) is 6.92 Å². The third-order valence-corrected chi connectivity index (χ3v) is 6.30. The summed E-state index contributed by atoms with van der Waals surface area (Å²) < 4.78 is 5.29. The lowest BCUT2D eigenvalue weighted by atomic mass is 9.85. The van der Waals surface area contributed by atoms with Crippen molar-refractivity contribution >= 4 is 17.6 Å². The molecule has 5 nitrogen and oxygen atoms in total. The van der Waals surface area contributed by atoms with E-state index in [9.17, 15) is 14.7 Å². The highest BCUT2D eigenvalue weighted by atomic mass is 16.5. The van der Waals surface area contributed by atoms with Crippen molar-refractivity contribution in [2.24, 2.45) is 11.8 Å². The number of hydrogen-bond acceptors (Lipinski definition) is 4. The van der Waals surface area contributed by atoms with Crippen molar-refractivity contribution in [3.05, 3.63) is 39.5 Å². The van der Waals surface area contributed by atoms with Crippen LogP contribution in [0.5, 0.6) is 0 Å². The van der Waals surface area contributed by atoms with E-state index >= 15 is 0 Å². The lowest BCUT2D eigenvalue weighted by Crippen LogP contribution is -2.19. The van der Waals surface area contributed by atoms with Crippen LogP contribution < -0.4 is 5.32 Å². The predicted octanol–water partition coefficient (Wildman–Crippen LogP) is 4.26. The van der Waals surface area contributed by atoms with Crippen molar-refractivity contribution in [2.75, 3.05) is 12.4 Å². The number of rotatable bonds is 6. The molecule has 0 bridgehead atoms. The van der Waals surface area contributed by atoms with Crippen LogP contribution in [0.3, 0.4) is 0 Å². The van der Waals surface area contributed by atoms with E-state index in [-0.39, 0.29) is 17.8 Å². The normalized spacial score (nSPS) is 21.3. The molecule has 1 aromatic carbocycles. The topological polar surface area (TPSA) is 75.6 Å². The van der Waals surface area contributed by atoms with Gasteiger partial charge in [0, 0.05) is 12.6 Å². The molecule has 1 heterocycles. The molecule has 146 valence electrons. The smallest absolute Gasteiger partial charge is 0.341 e. The summed E-state index contributed by atoms with van der Waals surface area (Å²) in [6.45, 7) is 6.35. The number of hydrogen-bond donors (Lipinski definition) is 2. The molecule has 3 rings (SSSR count). The van der Waals surface area contributed by atoms with Gasteiger partial charge in [0.25, 0.3) is 0 Å². The SMILES string of the molecule is CCc1c(C)c2c(c(NC)c1CC=C1CCCC1C(C)C(=O)O)C(=O)OC2. The first kappa shape index (κ1) is 19.5. The maximum Gasteiger partial charge on any atom is 0.341 e. The van der Waals surface area contributed by atoms with Crippen LogP contribution in [0.15, 0.2) is 11.6 Å². The number of cyclic esters (lactones) is 1.